The van der Waals surface area contributed by atoms with Crippen LogP contribution in [0.1, 0.15) is 23.4 Å². The van der Waals surface area contributed by atoms with Gasteiger partial charge in [0.15, 0.2) is 0 Å². The molecular formula is C15H19BrN2S. The number of hydrogen-bond acceptors (Lipinski definition) is 3. The van der Waals surface area contributed by atoms with Gasteiger partial charge in [0.25, 0.3) is 0 Å². The second kappa shape index (κ2) is 7.20. The molecule has 19 heavy (non-hydrogen) atoms. The number of rotatable bonds is 6. The van der Waals surface area contributed by atoms with Gasteiger partial charge in [-0.15, -0.1) is 11.3 Å². The molecule has 0 saturated heterocycles. The van der Waals surface area contributed by atoms with Gasteiger partial charge in [-0.25, -0.2) is 0 Å². The molecule has 0 bridgehead atoms. The Bertz CT molecular complexity index is 498. The topological polar surface area (TPSA) is 29.3 Å². The molecule has 1 unspecified atom stereocenters. The Morgan fingerprint density at radius 2 is 2.05 bits per heavy atom. The fraction of sp³-hybridized carbons (Fsp3) is 0.333. The first-order valence-corrected chi connectivity index (χ1v) is 8.13. The van der Waals surface area contributed by atoms with Crippen LogP contribution in [0.15, 0.2) is 46.3 Å². The highest BCUT2D eigenvalue weighted by atomic mass is 79.9. The lowest BCUT2D eigenvalue weighted by atomic mass is 10.1. The van der Waals surface area contributed by atoms with Crippen molar-refractivity contribution in [3.05, 3.63) is 56.7 Å². The third kappa shape index (κ3) is 3.89. The molecule has 0 aliphatic heterocycles. The predicted octanol–water partition coefficient (Wildman–Crippen LogP) is 4.03. The van der Waals surface area contributed by atoms with E-state index in [1.165, 1.54) is 10.4 Å². The molecule has 0 aliphatic carbocycles. The Balaban J connectivity index is 2.15. The normalized spacial score (nSPS) is 12.8. The van der Waals surface area contributed by atoms with Gasteiger partial charge in [-0.3, -0.25) is 4.90 Å². The second-order valence-corrected chi connectivity index (χ2v) is 6.33. The highest BCUT2D eigenvalue weighted by molar-refractivity contribution is 9.10. The maximum Gasteiger partial charge on any atom is 0.0567 e. The molecule has 102 valence electrons. The molecule has 2 nitrogen and oxygen atoms in total. The van der Waals surface area contributed by atoms with Crippen molar-refractivity contribution in [1.82, 2.24) is 4.90 Å². The monoisotopic (exact) mass is 338 g/mol. The average molecular weight is 339 g/mol. The summed E-state index contributed by atoms with van der Waals surface area (Å²) in [7, 11) is 0. The van der Waals surface area contributed by atoms with E-state index >= 15 is 0 Å². The van der Waals surface area contributed by atoms with Crippen molar-refractivity contribution in [3.8, 4) is 0 Å². The van der Waals surface area contributed by atoms with Crippen molar-refractivity contribution in [2.75, 3.05) is 13.1 Å². The van der Waals surface area contributed by atoms with Gasteiger partial charge in [0.2, 0.25) is 0 Å². The van der Waals surface area contributed by atoms with Crippen LogP contribution in [-0.4, -0.2) is 18.0 Å². The van der Waals surface area contributed by atoms with Crippen LogP contribution in [0.3, 0.4) is 0 Å². The SMILES string of the molecule is CCN(Cc1ccccc1)C(CN)c1cc(Br)cs1. The van der Waals surface area contributed by atoms with E-state index in [0.29, 0.717) is 12.6 Å². The zero-order chi connectivity index (χ0) is 13.7. The van der Waals surface area contributed by atoms with Crippen molar-refractivity contribution in [3.63, 3.8) is 0 Å². The van der Waals surface area contributed by atoms with Crippen LogP contribution in [0, 0.1) is 0 Å². The summed E-state index contributed by atoms with van der Waals surface area (Å²) < 4.78 is 1.14. The molecule has 1 atom stereocenters. The molecular weight excluding hydrogens is 320 g/mol. The summed E-state index contributed by atoms with van der Waals surface area (Å²) in [5.74, 6) is 0. The Kier molecular flexibility index (Phi) is 5.58. The number of thiophene rings is 1. The van der Waals surface area contributed by atoms with E-state index in [9.17, 15) is 0 Å². The van der Waals surface area contributed by atoms with Gasteiger partial charge in [0.1, 0.15) is 0 Å². The molecule has 2 N–H and O–H groups in total. The van der Waals surface area contributed by atoms with Crippen LogP contribution in [0.25, 0.3) is 0 Å². The lowest BCUT2D eigenvalue weighted by molar-refractivity contribution is 0.206. The van der Waals surface area contributed by atoms with Crippen molar-refractivity contribution in [1.29, 1.82) is 0 Å². The molecule has 2 aromatic rings. The van der Waals surface area contributed by atoms with E-state index in [2.05, 4.69) is 69.5 Å². The van der Waals surface area contributed by atoms with E-state index in [4.69, 9.17) is 5.73 Å². The molecule has 4 heteroatoms. The quantitative estimate of drug-likeness (QED) is 0.861. The summed E-state index contributed by atoms with van der Waals surface area (Å²) >= 11 is 5.29. The standard InChI is InChI=1S/C15H19BrN2S/c1-2-18(10-12-6-4-3-5-7-12)14(9-17)15-8-13(16)11-19-15/h3-8,11,14H,2,9-10,17H2,1H3. The second-order valence-electron chi connectivity index (χ2n) is 4.47. The zero-order valence-electron chi connectivity index (χ0n) is 11.1. The van der Waals surface area contributed by atoms with E-state index < -0.39 is 0 Å². The van der Waals surface area contributed by atoms with E-state index in [0.717, 1.165) is 17.6 Å². The minimum atomic E-state index is 0.293. The first-order valence-electron chi connectivity index (χ1n) is 6.46. The highest BCUT2D eigenvalue weighted by Crippen LogP contribution is 2.29. The van der Waals surface area contributed by atoms with Crippen LogP contribution in [0.5, 0.6) is 0 Å². The molecule has 1 heterocycles. The van der Waals surface area contributed by atoms with Crippen molar-refractivity contribution in [2.45, 2.75) is 19.5 Å². The minimum absolute atomic E-state index is 0.293. The van der Waals surface area contributed by atoms with E-state index in [-0.39, 0.29) is 0 Å². The number of likely N-dealkylation sites (N-methyl/N-ethyl adjacent to an activating group) is 1. The van der Waals surface area contributed by atoms with E-state index in [1.54, 1.807) is 11.3 Å². The van der Waals surface area contributed by atoms with Crippen LogP contribution in [0.2, 0.25) is 0 Å². The summed E-state index contributed by atoms with van der Waals surface area (Å²) in [6, 6.07) is 13.0. The number of nitrogens with zero attached hydrogens (tertiary/aromatic N) is 1. The summed E-state index contributed by atoms with van der Waals surface area (Å²) in [5, 5.41) is 2.12. The van der Waals surface area contributed by atoms with Crippen molar-refractivity contribution >= 4 is 27.3 Å². The average Bonchev–Trinajstić information content (AvgIpc) is 2.86. The van der Waals surface area contributed by atoms with Crippen LogP contribution >= 0.6 is 27.3 Å². The summed E-state index contributed by atoms with van der Waals surface area (Å²) in [4.78, 5) is 3.75. The minimum Gasteiger partial charge on any atom is -0.329 e. The predicted molar refractivity (Wildman–Crippen MR) is 86.3 cm³/mol. The van der Waals surface area contributed by atoms with Crippen molar-refractivity contribution < 1.29 is 0 Å². The number of hydrogen-bond donors (Lipinski definition) is 1. The Morgan fingerprint density at radius 3 is 2.58 bits per heavy atom. The van der Waals surface area contributed by atoms with Crippen LogP contribution in [0.4, 0.5) is 0 Å². The Labute approximate surface area is 127 Å². The first-order chi connectivity index (χ1) is 9.24. The molecule has 2 rings (SSSR count). The van der Waals surface area contributed by atoms with Gasteiger partial charge in [-0.2, -0.15) is 0 Å². The fourth-order valence-corrected chi connectivity index (χ4v) is 3.80. The summed E-state index contributed by atoms with van der Waals surface area (Å²) in [6.07, 6.45) is 0. The van der Waals surface area contributed by atoms with Gasteiger partial charge in [-0.1, -0.05) is 37.3 Å². The van der Waals surface area contributed by atoms with Gasteiger partial charge >= 0.3 is 0 Å². The van der Waals surface area contributed by atoms with Gasteiger partial charge in [0.05, 0.1) is 6.04 Å². The molecule has 1 aromatic heterocycles. The lowest BCUT2D eigenvalue weighted by Crippen LogP contribution is -2.32. The third-order valence-electron chi connectivity index (χ3n) is 3.21. The maximum atomic E-state index is 5.99. The Morgan fingerprint density at radius 1 is 1.32 bits per heavy atom. The molecule has 0 radical (unpaired) electrons. The largest absolute Gasteiger partial charge is 0.329 e. The molecule has 0 aliphatic rings. The molecule has 0 spiro atoms. The van der Waals surface area contributed by atoms with Crippen LogP contribution in [-0.2, 0) is 6.54 Å². The number of benzene rings is 1. The van der Waals surface area contributed by atoms with Gasteiger partial charge in [-0.05, 0) is 34.1 Å². The highest BCUT2D eigenvalue weighted by Gasteiger charge is 2.19. The van der Waals surface area contributed by atoms with E-state index in [1.807, 2.05) is 0 Å². The Hall–Kier alpha value is -0.680. The molecule has 0 amide bonds. The summed E-state index contributed by atoms with van der Waals surface area (Å²) in [6.45, 7) is 4.77. The van der Waals surface area contributed by atoms with Crippen LogP contribution < -0.4 is 5.73 Å². The van der Waals surface area contributed by atoms with Gasteiger partial charge < -0.3 is 5.73 Å². The third-order valence-corrected chi connectivity index (χ3v) is 5.01. The zero-order valence-corrected chi connectivity index (χ0v) is 13.5. The molecule has 1 aromatic carbocycles. The first kappa shape index (κ1) is 14.7. The lowest BCUT2D eigenvalue weighted by Gasteiger charge is -2.29. The van der Waals surface area contributed by atoms with Crippen molar-refractivity contribution in [2.24, 2.45) is 5.73 Å². The molecule has 0 saturated carbocycles. The smallest absolute Gasteiger partial charge is 0.0567 e. The fourth-order valence-electron chi connectivity index (χ4n) is 2.21. The number of nitrogens with two attached hydrogens (primary N) is 1. The summed E-state index contributed by atoms with van der Waals surface area (Å²) in [5.41, 5.74) is 7.33. The molecule has 0 fully saturated rings. The van der Waals surface area contributed by atoms with Gasteiger partial charge in [0, 0.05) is 27.8 Å². The maximum absolute atomic E-state index is 5.99. The number of halogens is 1.